The maximum absolute atomic E-state index is 12.3. The van der Waals surface area contributed by atoms with Crippen molar-refractivity contribution < 1.29 is 9.72 Å². The second-order valence-electron chi connectivity index (χ2n) is 6.28. The lowest BCUT2D eigenvalue weighted by atomic mass is 10.1. The van der Waals surface area contributed by atoms with Crippen LogP contribution in [0.25, 0.3) is 0 Å². The Hall–Kier alpha value is -2.25. The smallest absolute Gasteiger partial charge is 0.269 e. The van der Waals surface area contributed by atoms with Gasteiger partial charge in [-0.25, -0.2) is 0 Å². The summed E-state index contributed by atoms with van der Waals surface area (Å²) in [4.78, 5) is 27.1. The second kappa shape index (κ2) is 8.42. The number of benzene rings is 2. The van der Waals surface area contributed by atoms with Crippen LogP contribution in [0.4, 0.5) is 11.4 Å². The third kappa shape index (κ3) is 4.68. The fourth-order valence-electron chi connectivity index (χ4n) is 3.05. The Kier molecular flexibility index (Phi) is 6.00. The number of anilines is 1. The first-order valence-electron chi connectivity index (χ1n) is 8.53. The van der Waals surface area contributed by atoms with E-state index in [1.165, 1.54) is 0 Å². The number of rotatable bonds is 6. The van der Waals surface area contributed by atoms with Crippen molar-refractivity contribution in [1.29, 1.82) is 0 Å². The average Bonchev–Trinajstić information content (AvgIpc) is 2.67. The first kappa shape index (κ1) is 18.5. The zero-order valence-corrected chi connectivity index (χ0v) is 15.9. The van der Waals surface area contributed by atoms with Crippen molar-refractivity contribution in [1.82, 2.24) is 4.90 Å². The molecule has 1 aliphatic heterocycles. The highest BCUT2D eigenvalue weighted by Crippen LogP contribution is 2.21. The summed E-state index contributed by atoms with van der Waals surface area (Å²) in [6, 6.07) is 14.1. The molecule has 2 aromatic rings. The number of nitro benzene ring substituents is 1. The first-order chi connectivity index (χ1) is 12.5. The zero-order chi connectivity index (χ0) is 18.5. The van der Waals surface area contributed by atoms with E-state index >= 15 is 0 Å². The molecule has 0 saturated carbocycles. The Balaban J connectivity index is 1.47. The van der Waals surface area contributed by atoms with Gasteiger partial charge in [-0.3, -0.25) is 19.8 Å². The number of nitro groups is 1. The molecular weight excluding hydrogens is 398 g/mol. The molecule has 0 radical (unpaired) electrons. The quantitative estimate of drug-likeness (QED) is 0.406. The third-order valence-electron chi connectivity index (χ3n) is 4.62. The molecule has 7 heteroatoms. The molecule has 0 bridgehead atoms. The Labute approximate surface area is 160 Å². The van der Waals surface area contributed by atoms with Gasteiger partial charge in [0.1, 0.15) is 0 Å². The Morgan fingerprint density at radius 1 is 1.00 bits per heavy atom. The number of hydrogen-bond donors (Lipinski definition) is 0. The van der Waals surface area contributed by atoms with Crippen molar-refractivity contribution in [2.24, 2.45) is 0 Å². The lowest BCUT2D eigenvalue weighted by Gasteiger charge is -2.36. The Bertz CT molecular complexity index is 770. The molecule has 1 aliphatic rings. The summed E-state index contributed by atoms with van der Waals surface area (Å²) in [7, 11) is 0. The lowest BCUT2D eigenvalue weighted by molar-refractivity contribution is -0.384. The molecule has 0 atom stereocenters. The number of halogens is 1. The van der Waals surface area contributed by atoms with E-state index in [0.717, 1.165) is 48.4 Å². The van der Waals surface area contributed by atoms with Crippen LogP contribution < -0.4 is 4.90 Å². The summed E-state index contributed by atoms with van der Waals surface area (Å²) in [5, 5.41) is 10.7. The number of ketones is 1. The Morgan fingerprint density at radius 2 is 1.62 bits per heavy atom. The zero-order valence-electron chi connectivity index (χ0n) is 14.3. The van der Waals surface area contributed by atoms with E-state index in [9.17, 15) is 14.9 Å². The molecule has 2 aromatic carbocycles. The summed E-state index contributed by atoms with van der Waals surface area (Å²) in [5.74, 6) is 0.162. The van der Waals surface area contributed by atoms with Crippen molar-refractivity contribution in [3.8, 4) is 0 Å². The van der Waals surface area contributed by atoms with Crippen molar-refractivity contribution >= 4 is 33.1 Å². The minimum atomic E-state index is -0.385. The van der Waals surface area contributed by atoms with Crippen molar-refractivity contribution in [3.05, 3.63) is 68.7 Å². The van der Waals surface area contributed by atoms with E-state index in [1.807, 2.05) is 24.3 Å². The van der Waals surface area contributed by atoms with Gasteiger partial charge >= 0.3 is 0 Å². The molecule has 3 rings (SSSR count). The standard InChI is InChI=1S/C19H20BrN3O3/c20-16-3-1-15(2-4-16)19(24)9-10-21-11-13-22(14-12-21)17-5-7-18(8-6-17)23(25)26/h1-8H,9-14H2. The molecule has 6 nitrogen and oxygen atoms in total. The maximum Gasteiger partial charge on any atom is 0.269 e. The predicted octanol–water partition coefficient (Wildman–Crippen LogP) is 3.75. The van der Waals surface area contributed by atoms with Crippen LogP contribution >= 0.6 is 15.9 Å². The molecule has 26 heavy (non-hydrogen) atoms. The van der Waals surface area contributed by atoms with Crippen molar-refractivity contribution in [2.75, 3.05) is 37.6 Å². The van der Waals surface area contributed by atoms with Crippen LogP contribution in [0.3, 0.4) is 0 Å². The monoisotopic (exact) mass is 417 g/mol. The lowest BCUT2D eigenvalue weighted by Crippen LogP contribution is -2.46. The number of carbonyl (C=O) groups excluding carboxylic acids is 1. The molecule has 136 valence electrons. The maximum atomic E-state index is 12.3. The summed E-state index contributed by atoms with van der Waals surface area (Å²) in [6.07, 6.45) is 0.513. The molecular formula is C19H20BrN3O3. The van der Waals surface area contributed by atoms with Crippen LogP contribution in [0.2, 0.25) is 0 Å². The SMILES string of the molecule is O=C(CCN1CCN(c2ccc([N+](=O)[O-])cc2)CC1)c1ccc(Br)cc1. The van der Waals surface area contributed by atoms with Gasteiger partial charge < -0.3 is 4.90 Å². The van der Waals surface area contributed by atoms with Crippen LogP contribution in [0.1, 0.15) is 16.8 Å². The van der Waals surface area contributed by atoms with E-state index in [0.29, 0.717) is 6.42 Å². The van der Waals surface area contributed by atoms with Crippen LogP contribution in [0, 0.1) is 10.1 Å². The number of Topliss-reactive ketones (excluding diaryl/α,β-unsaturated/α-hetero) is 1. The molecule has 0 N–H and O–H groups in total. The van der Waals surface area contributed by atoms with Crippen LogP contribution in [-0.2, 0) is 0 Å². The van der Waals surface area contributed by atoms with Crippen LogP contribution in [0.15, 0.2) is 53.0 Å². The fourth-order valence-corrected chi connectivity index (χ4v) is 3.32. The topological polar surface area (TPSA) is 66.7 Å². The number of carbonyl (C=O) groups is 1. The van der Waals surface area contributed by atoms with Gasteiger partial charge in [0, 0.05) is 67.0 Å². The largest absolute Gasteiger partial charge is 0.369 e. The number of piperazine rings is 1. The molecule has 0 spiro atoms. The van der Waals surface area contributed by atoms with Crippen LogP contribution in [-0.4, -0.2) is 48.3 Å². The Morgan fingerprint density at radius 3 is 2.19 bits per heavy atom. The van der Waals surface area contributed by atoms with E-state index in [-0.39, 0.29) is 16.4 Å². The highest BCUT2D eigenvalue weighted by atomic mass is 79.9. The van der Waals surface area contributed by atoms with Gasteiger partial charge in [0.25, 0.3) is 5.69 Å². The van der Waals surface area contributed by atoms with Gasteiger partial charge in [0.15, 0.2) is 5.78 Å². The van der Waals surface area contributed by atoms with Gasteiger partial charge in [-0.2, -0.15) is 0 Å². The highest BCUT2D eigenvalue weighted by Gasteiger charge is 2.18. The van der Waals surface area contributed by atoms with E-state index in [4.69, 9.17) is 0 Å². The minimum Gasteiger partial charge on any atom is -0.369 e. The average molecular weight is 418 g/mol. The summed E-state index contributed by atoms with van der Waals surface area (Å²) in [6.45, 7) is 4.22. The molecule has 1 fully saturated rings. The van der Waals surface area contributed by atoms with Crippen molar-refractivity contribution in [2.45, 2.75) is 6.42 Å². The van der Waals surface area contributed by atoms with Gasteiger partial charge in [0.2, 0.25) is 0 Å². The van der Waals surface area contributed by atoms with E-state index in [1.54, 1.807) is 24.3 Å². The minimum absolute atomic E-state index is 0.110. The van der Waals surface area contributed by atoms with Gasteiger partial charge in [-0.15, -0.1) is 0 Å². The predicted molar refractivity (Wildman–Crippen MR) is 105 cm³/mol. The summed E-state index contributed by atoms with van der Waals surface area (Å²) >= 11 is 3.37. The molecule has 0 unspecified atom stereocenters. The number of hydrogen-bond acceptors (Lipinski definition) is 5. The fraction of sp³-hybridized carbons (Fsp3) is 0.316. The number of nitrogens with zero attached hydrogens (tertiary/aromatic N) is 3. The van der Waals surface area contributed by atoms with Crippen molar-refractivity contribution in [3.63, 3.8) is 0 Å². The second-order valence-corrected chi connectivity index (χ2v) is 7.20. The summed E-state index contributed by atoms with van der Waals surface area (Å²) < 4.78 is 0.969. The third-order valence-corrected chi connectivity index (χ3v) is 5.15. The van der Waals surface area contributed by atoms with E-state index < -0.39 is 0 Å². The van der Waals surface area contributed by atoms with Gasteiger partial charge in [-0.1, -0.05) is 28.1 Å². The highest BCUT2D eigenvalue weighted by molar-refractivity contribution is 9.10. The molecule has 0 amide bonds. The normalized spacial score (nSPS) is 15.0. The molecule has 0 aromatic heterocycles. The summed E-state index contributed by atoms with van der Waals surface area (Å²) in [5.41, 5.74) is 1.86. The molecule has 1 heterocycles. The van der Waals surface area contributed by atoms with Gasteiger partial charge in [-0.05, 0) is 24.3 Å². The molecule has 1 saturated heterocycles. The first-order valence-corrected chi connectivity index (χ1v) is 9.33. The van der Waals surface area contributed by atoms with E-state index in [2.05, 4.69) is 25.7 Å². The van der Waals surface area contributed by atoms with Gasteiger partial charge in [0.05, 0.1) is 4.92 Å². The molecule has 0 aliphatic carbocycles. The number of non-ortho nitro benzene ring substituents is 1. The van der Waals surface area contributed by atoms with Crippen LogP contribution in [0.5, 0.6) is 0 Å².